The Morgan fingerprint density at radius 1 is 1.38 bits per heavy atom. The predicted octanol–water partition coefficient (Wildman–Crippen LogP) is 1.86. The highest BCUT2D eigenvalue weighted by Gasteiger charge is 2.33. The highest BCUT2D eigenvalue weighted by molar-refractivity contribution is 4.90. The molecular formula is C11H24N2. The maximum Gasteiger partial charge on any atom is 0.0223 e. The molecule has 0 aliphatic heterocycles. The Morgan fingerprint density at radius 3 is 2.31 bits per heavy atom. The Labute approximate surface area is 82.7 Å². The fraction of sp³-hybridized carbons (Fsp3) is 1.00. The molecule has 0 heterocycles. The number of hydrogen-bond acceptors (Lipinski definition) is 2. The summed E-state index contributed by atoms with van der Waals surface area (Å²) in [4.78, 5) is 2.64. The fourth-order valence-corrected chi connectivity index (χ4v) is 2.30. The molecule has 1 saturated carbocycles. The SMILES string of the molecule is CCC(NC)C(C)N(CC)C1CC1. The first-order valence-corrected chi connectivity index (χ1v) is 5.67. The minimum atomic E-state index is 0.653. The molecule has 1 aliphatic carbocycles. The monoisotopic (exact) mass is 184 g/mol. The molecule has 0 radical (unpaired) electrons. The van der Waals surface area contributed by atoms with Crippen molar-refractivity contribution >= 4 is 0 Å². The lowest BCUT2D eigenvalue weighted by Crippen LogP contribution is -2.47. The van der Waals surface area contributed by atoms with E-state index in [0.717, 1.165) is 6.04 Å². The van der Waals surface area contributed by atoms with Gasteiger partial charge >= 0.3 is 0 Å². The molecule has 1 rings (SSSR count). The second-order valence-corrected chi connectivity index (χ2v) is 4.11. The average Bonchev–Trinajstić information content (AvgIpc) is 2.92. The molecule has 2 unspecified atom stereocenters. The van der Waals surface area contributed by atoms with Crippen LogP contribution in [0.25, 0.3) is 0 Å². The van der Waals surface area contributed by atoms with Gasteiger partial charge in [-0.25, -0.2) is 0 Å². The van der Waals surface area contributed by atoms with Gasteiger partial charge < -0.3 is 5.32 Å². The van der Waals surface area contributed by atoms with Gasteiger partial charge in [0.25, 0.3) is 0 Å². The van der Waals surface area contributed by atoms with E-state index < -0.39 is 0 Å². The van der Waals surface area contributed by atoms with Crippen LogP contribution in [-0.4, -0.2) is 36.6 Å². The summed E-state index contributed by atoms with van der Waals surface area (Å²) in [6, 6.07) is 2.23. The Morgan fingerprint density at radius 2 is 2.00 bits per heavy atom. The van der Waals surface area contributed by atoms with Crippen LogP contribution >= 0.6 is 0 Å². The van der Waals surface area contributed by atoms with Crippen molar-refractivity contribution in [2.75, 3.05) is 13.6 Å². The summed E-state index contributed by atoms with van der Waals surface area (Å²) in [5, 5.41) is 3.41. The first kappa shape index (κ1) is 11.0. The van der Waals surface area contributed by atoms with Crippen LogP contribution < -0.4 is 5.32 Å². The van der Waals surface area contributed by atoms with E-state index in [1.54, 1.807) is 0 Å². The van der Waals surface area contributed by atoms with Crippen molar-refractivity contribution < 1.29 is 0 Å². The molecule has 0 aromatic heterocycles. The van der Waals surface area contributed by atoms with Crippen LogP contribution in [0.3, 0.4) is 0 Å². The molecule has 1 aliphatic rings. The van der Waals surface area contributed by atoms with Gasteiger partial charge in [-0.1, -0.05) is 13.8 Å². The third-order valence-electron chi connectivity index (χ3n) is 3.30. The average molecular weight is 184 g/mol. The molecular weight excluding hydrogens is 160 g/mol. The van der Waals surface area contributed by atoms with Gasteiger partial charge in [-0.05, 0) is 39.8 Å². The van der Waals surface area contributed by atoms with Crippen molar-refractivity contribution in [3.05, 3.63) is 0 Å². The first-order valence-electron chi connectivity index (χ1n) is 5.67. The zero-order valence-corrected chi connectivity index (χ0v) is 9.51. The number of hydrogen-bond donors (Lipinski definition) is 1. The van der Waals surface area contributed by atoms with Gasteiger partial charge in [0.2, 0.25) is 0 Å². The molecule has 0 spiro atoms. The van der Waals surface area contributed by atoms with E-state index in [4.69, 9.17) is 0 Å². The van der Waals surface area contributed by atoms with Gasteiger partial charge in [0.15, 0.2) is 0 Å². The quantitative estimate of drug-likeness (QED) is 0.678. The molecule has 78 valence electrons. The molecule has 0 aromatic rings. The lowest BCUT2D eigenvalue weighted by molar-refractivity contribution is 0.169. The van der Waals surface area contributed by atoms with E-state index in [1.165, 1.54) is 25.8 Å². The van der Waals surface area contributed by atoms with E-state index in [1.807, 2.05) is 0 Å². The number of likely N-dealkylation sites (N-methyl/N-ethyl adjacent to an activating group) is 2. The summed E-state index contributed by atoms with van der Waals surface area (Å²) in [6.45, 7) is 8.09. The standard InChI is InChI=1S/C11H24N2/c1-5-11(12-4)9(3)13(6-2)10-7-8-10/h9-12H,5-8H2,1-4H3. The van der Waals surface area contributed by atoms with Crippen molar-refractivity contribution in [3.8, 4) is 0 Å². The van der Waals surface area contributed by atoms with Crippen LogP contribution in [0.1, 0.15) is 40.0 Å². The second kappa shape index (κ2) is 4.97. The number of nitrogens with zero attached hydrogens (tertiary/aromatic N) is 1. The summed E-state index contributed by atoms with van der Waals surface area (Å²) in [5.74, 6) is 0. The maximum absolute atomic E-state index is 3.41. The molecule has 2 nitrogen and oxygen atoms in total. The van der Waals surface area contributed by atoms with Gasteiger partial charge in [0, 0.05) is 18.1 Å². The normalized spacial score (nSPS) is 21.9. The summed E-state index contributed by atoms with van der Waals surface area (Å²) in [7, 11) is 2.07. The highest BCUT2D eigenvalue weighted by atomic mass is 15.2. The van der Waals surface area contributed by atoms with Crippen LogP contribution in [-0.2, 0) is 0 Å². The predicted molar refractivity (Wildman–Crippen MR) is 58.0 cm³/mol. The molecule has 1 fully saturated rings. The van der Waals surface area contributed by atoms with Gasteiger partial charge in [-0.15, -0.1) is 0 Å². The zero-order chi connectivity index (χ0) is 9.84. The van der Waals surface area contributed by atoms with Crippen molar-refractivity contribution in [3.63, 3.8) is 0 Å². The van der Waals surface area contributed by atoms with Crippen molar-refractivity contribution in [1.82, 2.24) is 10.2 Å². The van der Waals surface area contributed by atoms with Gasteiger partial charge in [0.1, 0.15) is 0 Å². The maximum atomic E-state index is 3.41. The third-order valence-corrected chi connectivity index (χ3v) is 3.30. The molecule has 1 N–H and O–H groups in total. The fourth-order valence-electron chi connectivity index (χ4n) is 2.30. The van der Waals surface area contributed by atoms with E-state index >= 15 is 0 Å². The molecule has 2 atom stereocenters. The van der Waals surface area contributed by atoms with Gasteiger partial charge in [0.05, 0.1) is 0 Å². The smallest absolute Gasteiger partial charge is 0.0223 e. The summed E-state index contributed by atoms with van der Waals surface area (Å²) < 4.78 is 0. The molecule has 13 heavy (non-hydrogen) atoms. The number of nitrogens with one attached hydrogen (secondary N) is 1. The van der Waals surface area contributed by atoms with E-state index in [2.05, 4.69) is 38.0 Å². The minimum Gasteiger partial charge on any atom is -0.315 e. The Kier molecular flexibility index (Phi) is 4.20. The molecule has 2 heteroatoms. The van der Waals surface area contributed by atoms with Gasteiger partial charge in [-0.3, -0.25) is 4.90 Å². The van der Waals surface area contributed by atoms with Crippen molar-refractivity contribution in [2.45, 2.75) is 58.2 Å². The topological polar surface area (TPSA) is 15.3 Å². The van der Waals surface area contributed by atoms with Crippen molar-refractivity contribution in [2.24, 2.45) is 0 Å². The summed E-state index contributed by atoms with van der Waals surface area (Å²) >= 11 is 0. The lowest BCUT2D eigenvalue weighted by atomic mass is 10.1. The Hall–Kier alpha value is -0.0800. The van der Waals surface area contributed by atoms with Crippen LogP contribution in [0.15, 0.2) is 0 Å². The lowest BCUT2D eigenvalue weighted by Gasteiger charge is -2.33. The van der Waals surface area contributed by atoms with E-state index in [0.29, 0.717) is 12.1 Å². The Bertz CT molecular complexity index is 139. The van der Waals surface area contributed by atoms with Gasteiger partial charge in [-0.2, -0.15) is 0 Å². The molecule has 0 saturated heterocycles. The highest BCUT2D eigenvalue weighted by Crippen LogP contribution is 2.29. The Balaban J connectivity index is 2.45. The van der Waals surface area contributed by atoms with Crippen molar-refractivity contribution in [1.29, 1.82) is 0 Å². The first-order chi connectivity index (χ1) is 6.24. The van der Waals surface area contributed by atoms with Crippen LogP contribution in [0.5, 0.6) is 0 Å². The minimum absolute atomic E-state index is 0.653. The van der Waals surface area contributed by atoms with E-state index in [-0.39, 0.29) is 0 Å². The van der Waals surface area contributed by atoms with Crippen LogP contribution in [0, 0.1) is 0 Å². The summed E-state index contributed by atoms with van der Waals surface area (Å²) in [5.41, 5.74) is 0. The van der Waals surface area contributed by atoms with Crippen LogP contribution in [0.2, 0.25) is 0 Å². The third kappa shape index (κ3) is 2.68. The molecule has 0 aromatic carbocycles. The van der Waals surface area contributed by atoms with E-state index in [9.17, 15) is 0 Å². The number of rotatable bonds is 6. The summed E-state index contributed by atoms with van der Waals surface area (Å²) in [6.07, 6.45) is 4.05. The largest absolute Gasteiger partial charge is 0.315 e. The molecule has 0 bridgehead atoms. The molecule has 0 amide bonds. The van der Waals surface area contributed by atoms with Crippen LogP contribution in [0.4, 0.5) is 0 Å². The second-order valence-electron chi connectivity index (χ2n) is 4.11. The zero-order valence-electron chi connectivity index (χ0n) is 9.51.